The maximum Gasteiger partial charge on any atom is 0.0914 e. The Kier molecular flexibility index (Phi) is 4.97. The van der Waals surface area contributed by atoms with Gasteiger partial charge in [0.1, 0.15) is 0 Å². The Bertz CT molecular complexity index is 515. The molecule has 2 nitrogen and oxygen atoms in total. The second-order valence-corrected chi connectivity index (χ2v) is 5.05. The summed E-state index contributed by atoms with van der Waals surface area (Å²) >= 11 is 5.97. The van der Waals surface area contributed by atoms with E-state index in [-0.39, 0.29) is 6.04 Å². The molecular formula is C16H18ClNO. The third kappa shape index (κ3) is 4.06. The predicted octanol–water partition coefficient (Wildman–Crippen LogP) is 3.72. The molecule has 0 aliphatic carbocycles. The minimum absolute atomic E-state index is 0.150. The Morgan fingerprint density at radius 3 is 2.42 bits per heavy atom. The highest BCUT2D eigenvalue weighted by Crippen LogP contribution is 2.18. The molecule has 0 amide bonds. The van der Waals surface area contributed by atoms with Gasteiger partial charge in [-0.05, 0) is 30.2 Å². The molecule has 3 heteroatoms. The minimum Gasteiger partial charge on any atom is -0.387 e. The largest absolute Gasteiger partial charge is 0.387 e. The van der Waals surface area contributed by atoms with Gasteiger partial charge in [-0.2, -0.15) is 0 Å². The van der Waals surface area contributed by atoms with E-state index in [4.69, 9.17) is 11.6 Å². The Morgan fingerprint density at radius 1 is 1.05 bits per heavy atom. The molecule has 0 aliphatic rings. The standard InChI is InChI=1S/C16H18ClNO/c1-12(14-8-5-9-15(17)10-14)18-11-16(19)13-6-3-2-4-7-13/h2-10,12,16,18-19H,11H2,1H3/t12-,16?/m0/s1. The summed E-state index contributed by atoms with van der Waals surface area (Å²) in [7, 11) is 0. The van der Waals surface area contributed by atoms with E-state index in [1.165, 1.54) is 0 Å². The number of benzene rings is 2. The van der Waals surface area contributed by atoms with Crippen molar-refractivity contribution < 1.29 is 5.11 Å². The zero-order chi connectivity index (χ0) is 13.7. The van der Waals surface area contributed by atoms with Crippen molar-refractivity contribution in [2.75, 3.05) is 6.54 Å². The highest BCUT2D eigenvalue weighted by Gasteiger charge is 2.10. The second kappa shape index (κ2) is 6.71. The number of rotatable bonds is 5. The molecule has 2 aromatic carbocycles. The molecule has 2 rings (SSSR count). The SMILES string of the molecule is C[C@H](NCC(O)c1ccccc1)c1cccc(Cl)c1. The summed E-state index contributed by atoms with van der Waals surface area (Å²) in [5.74, 6) is 0. The Labute approximate surface area is 119 Å². The highest BCUT2D eigenvalue weighted by atomic mass is 35.5. The maximum atomic E-state index is 10.1. The lowest BCUT2D eigenvalue weighted by Crippen LogP contribution is -2.24. The van der Waals surface area contributed by atoms with Gasteiger partial charge in [-0.25, -0.2) is 0 Å². The molecule has 0 spiro atoms. The van der Waals surface area contributed by atoms with Crippen LogP contribution in [0.15, 0.2) is 54.6 Å². The van der Waals surface area contributed by atoms with Gasteiger partial charge in [-0.1, -0.05) is 54.1 Å². The summed E-state index contributed by atoms with van der Waals surface area (Å²) in [6, 6.07) is 17.6. The lowest BCUT2D eigenvalue weighted by atomic mass is 10.1. The van der Waals surface area contributed by atoms with Crippen LogP contribution in [0.3, 0.4) is 0 Å². The van der Waals surface area contributed by atoms with Gasteiger partial charge >= 0.3 is 0 Å². The average Bonchev–Trinajstić information content (AvgIpc) is 2.45. The van der Waals surface area contributed by atoms with Crippen LogP contribution in [0.2, 0.25) is 5.02 Å². The molecule has 0 aliphatic heterocycles. The summed E-state index contributed by atoms with van der Waals surface area (Å²) in [6.07, 6.45) is -0.497. The number of hydrogen-bond donors (Lipinski definition) is 2. The van der Waals surface area contributed by atoms with Crippen LogP contribution in [0.4, 0.5) is 0 Å². The first-order chi connectivity index (χ1) is 9.16. The molecule has 0 aromatic heterocycles. The summed E-state index contributed by atoms with van der Waals surface area (Å²) in [6.45, 7) is 2.57. The van der Waals surface area contributed by atoms with Gasteiger partial charge in [0.25, 0.3) is 0 Å². The van der Waals surface area contributed by atoms with Crippen molar-refractivity contribution in [3.63, 3.8) is 0 Å². The number of hydrogen-bond acceptors (Lipinski definition) is 2. The zero-order valence-corrected chi connectivity index (χ0v) is 11.6. The van der Waals surface area contributed by atoms with Crippen LogP contribution >= 0.6 is 11.6 Å². The second-order valence-electron chi connectivity index (χ2n) is 4.61. The maximum absolute atomic E-state index is 10.1. The predicted molar refractivity (Wildman–Crippen MR) is 79.3 cm³/mol. The molecule has 19 heavy (non-hydrogen) atoms. The van der Waals surface area contributed by atoms with Crippen molar-refractivity contribution >= 4 is 11.6 Å². The van der Waals surface area contributed by atoms with E-state index in [0.717, 1.165) is 16.1 Å². The molecule has 0 saturated heterocycles. The van der Waals surface area contributed by atoms with Crippen LogP contribution in [0.1, 0.15) is 30.2 Å². The minimum atomic E-state index is -0.497. The summed E-state index contributed by atoms with van der Waals surface area (Å²) in [5, 5.41) is 14.1. The molecule has 2 atom stereocenters. The fourth-order valence-electron chi connectivity index (χ4n) is 1.98. The van der Waals surface area contributed by atoms with Crippen LogP contribution < -0.4 is 5.32 Å². The van der Waals surface area contributed by atoms with Gasteiger partial charge in [-0.15, -0.1) is 0 Å². The van der Waals surface area contributed by atoms with Crippen molar-refractivity contribution in [3.05, 3.63) is 70.7 Å². The van der Waals surface area contributed by atoms with Gasteiger partial charge in [0.15, 0.2) is 0 Å². The molecule has 2 aromatic rings. The van der Waals surface area contributed by atoms with E-state index >= 15 is 0 Å². The first kappa shape index (κ1) is 14.1. The monoisotopic (exact) mass is 275 g/mol. The first-order valence-electron chi connectivity index (χ1n) is 6.38. The van der Waals surface area contributed by atoms with E-state index in [1.54, 1.807) is 0 Å². The van der Waals surface area contributed by atoms with Crippen molar-refractivity contribution in [2.45, 2.75) is 19.1 Å². The van der Waals surface area contributed by atoms with Crippen LogP contribution in [0, 0.1) is 0 Å². The van der Waals surface area contributed by atoms with Gasteiger partial charge in [0.2, 0.25) is 0 Å². The van der Waals surface area contributed by atoms with Gasteiger partial charge in [-0.3, -0.25) is 0 Å². The molecule has 0 bridgehead atoms. The quantitative estimate of drug-likeness (QED) is 0.872. The van der Waals surface area contributed by atoms with Crippen molar-refractivity contribution in [1.82, 2.24) is 5.32 Å². The van der Waals surface area contributed by atoms with Crippen molar-refractivity contribution in [1.29, 1.82) is 0 Å². The molecule has 0 saturated carbocycles. The molecular weight excluding hydrogens is 258 g/mol. The fourth-order valence-corrected chi connectivity index (χ4v) is 2.17. The normalized spacial score (nSPS) is 14.1. The van der Waals surface area contributed by atoms with E-state index in [0.29, 0.717) is 6.54 Å². The zero-order valence-electron chi connectivity index (χ0n) is 10.9. The van der Waals surface area contributed by atoms with Gasteiger partial charge in [0, 0.05) is 17.6 Å². The van der Waals surface area contributed by atoms with E-state index < -0.39 is 6.10 Å². The fraction of sp³-hybridized carbons (Fsp3) is 0.250. The number of nitrogens with one attached hydrogen (secondary N) is 1. The Hall–Kier alpha value is -1.35. The van der Waals surface area contributed by atoms with Crippen LogP contribution in [0.5, 0.6) is 0 Å². The van der Waals surface area contributed by atoms with Gasteiger partial charge < -0.3 is 10.4 Å². The molecule has 0 heterocycles. The smallest absolute Gasteiger partial charge is 0.0914 e. The third-order valence-electron chi connectivity index (χ3n) is 3.15. The van der Waals surface area contributed by atoms with E-state index in [2.05, 4.69) is 12.2 Å². The van der Waals surface area contributed by atoms with E-state index in [1.807, 2.05) is 54.6 Å². The lowest BCUT2D eigenvalue weighted by molar-refractivity contribution is 0.171. The summed E-state index contributed by atoms with van der Waals surface area (Å²) in [5.41, 5.74) is 2.04. The first-order valence-corrected chi connectivity index (χ1v) is 6.76. The molecule has 0 fully saturated rings. The van der Waals surface area contributed by atoms with Gasteiger partial charge in [0.05, 0.1) is 6.10 Å². The number of aliphatic hydroxyl groups is 1. The molecule has 1 unspecified atom stereocenters. The highest BCUT2D eigenvalue weighted by molar-refractivity contribution is 6.30. The lowest BCUT2D eigenvalue weighted by Gasteiger charge is -2.18. The van der Waals surface area contributed by atoms with E-state index in [9.17, 15) is 5.11 Å². The number of halogens is 1. The van der Waals surface area contributed by atoms with Crippen LogP contribution in [-0.4, -0.2) is 11.7 Å². The average molecular weight is 276 g/mol. The van der Waals surface area contributed by atoms with Crippen LogP contribution in [0.25, 0.3) is 0 Å². The third-order valence-corrected chi connectivity index (χ3v) is 3.39. The van der Waals surface area contributed by atoms with Crippen molar-refractivity contribution in [2.24, 2.45) is 0 Å². The van der Waals surface area contributed by atoms with Crippen molar-refractivity contribution in [3.8, 4) is 0 Å². The summed E-state index contributed by atoms with van der Waals surface area (Å²) < 4.78 is 0. The summed E-state index contributed by atoms with van der Waals surface area (Å²) in [4.78, 5) is 0. The Morgan fingerprint density at radius 2 is 1.74 bits per heavy atom. The molecule has 100 valence electrons. The molecule has 0 radical (unpaired) electrons. The van der Waals surface area contributed by atoms with Crippen LogP contribution in [-0.2, 0) is 0 Å². The Balaban J connectivity index is 1.92. The topological polar surface area (TPSA) is 32.3 Å². The number of aliphatic hydroxyl groups excluding tert-OH is 1. The molecule has 2 N–H and O–H groups in total.